The largest absolute Gasteiger partial charge is 0.354 e. The molecule has 4 nitrogen and oxygen atoms in total. The van der Waals surface area contributed by atoms with Crippen LogP contribution in [0.5, 0.6) is 0 Å². The van der Waals surface area contributed by atoms with Gasteiger partial charge in [0.15, 0.2) is 0 Å². The summed E-state index contributed by atoms with van der Waals surface area (Å²) in [4.78, 5) is 28.0. The van der Waals surface area contributed by atoms with Crippen molar-refractivity contribution in [2.45, 2.75) is 71.3 Å². The molecule has 4 aliphatic carbocycles. The molecule has 4 bridgehead atoms. The molecule has 4 heteroatoms. The van der Waals surface area contributed by atoms with Crippen molar-refractivity contribution in [2.75, 3.05) is 13.1 Å². The minimum absolute atomic E-state index is 0.0688. The molecule has 0 aromatic carbocycles. The van der Waals surface area contributed by atoms with Gasteiger partial charge in [-0.05, 0) is 75.0 Å². The standard InChI is InChI=1S/C20H32N2O2/c1-13(2)12-21-18(23)17-4-3-5-22(17)19(24)20-9-14-6-15(10-20)8-16(7-14)11-20/h13-17H,3-12H2,1-2H3,(H,21,23). The summed E-state index contributed by atoms with van der Waals surface area (Å²) in [5.74, 6) is 3.16. The first-order valence-electron chi connectivity index (χ1n) is 10.1. The smallest absolute Gasteiger partial charge is 0.242 e. The highest BCUT2D eigenvalue weighted by Crippen LogP contribution is 2.60. The quantitative estimate of drug-likeness (QED) is 0.860. The third-order valence-corrected chi connectivity index (χ3v) is 6.99. The van der Waals surface area contributed by atoms with E-state index in [2.05, 4.69) is 19.2 Å². The number of hydrogen-bond acceptors (Lipinski definition) is 2. The van der Waals surface area contributed by atoms with Crippen LogP contribution in [0.3, 0.4) is 0 Å². The highest BCUT2D eigenvalue weighted by Gasteiger charge is 2.56. The fraction of sp³-hybridized carbons (Fsp3) is 0.900. The second-order valence-corrected chi connectivity index (χ2v) is 9.49. The maximum absolute atomic E-state index is 13.5. The van der Waals surface area contributed by atoms with Crippen LogP contribution in [-0.4, -0.2) is 35.8 Å². The molecule has 2 amide bonds. The van der Waals surface area contributed by atoms with E-state index < -0.39 is 0 Å². The van der Waals surface area contributed by atoms with E-state index in [1.54, 1.807) is 0 Å². The molecule has 24 heavy (non-hydrogen) atoms. The molecule has 1 heterocycles. The van der Waals surface area contributed by atoms with Crippen LogP contribution >= 0.6 is 0 Å². The molecular formula is C20H32N2O2. The second kappa shape index (κ2) is 6.03. The third-order valence-electron chi connectivity index (χ3n) is 6.99. The summed E-state index contributed by atoms with van der Waals surface area (Å²) in [6.07, 6.45) is 9.14. The van der Waals surface area contributed by atoms with Gasteiger partial charge >= 0.3 is 0 Å². The molecule has 5 rings (SSSR count). The van der Waals surface area contributed by atoms with E-state index in [1.807, 2.05) is 4.90 Å². The lowest BCUT2D eigenvalue weighted by atomic mass is 9.49. The summed E-state index contributed by atoms with van der Waals surface area (Å²) >= 11 is 0. The van der Waals surface area contributed by atoms with Crippen molar-refractivity contribution in [2.24, 2.45) is 29.1 Å². The molecule has 5 aliphatic rings. The molecule has 1 atom stereocenters. The summed E-state index contributed by atoms with van der Waals surface area (Å²) in [6.45, 7) is 5.69. The number of nitrogens with one attached hydrogen (secondary N) is 1. The molecule has 0 spiro atoms. The number of likely N-dealkylation sites (tertiary alicyclic amines) is 1. The Bertz CT molecular complexity index is 492. The number of carbonyl (C=O) groups excluding carboxylic acids is 2. The van der Waals surface area contributed by atoms with Crippen molar-refractivity contribution in [3.8, 4) is 0 Å². The van der Waals surface area contributed by atoms with E-state index in [9.17, 15) is 9.59 Å². The van der Waals surface area contributed by atoms with Crippen LogP contribution in [0.2, 0.25) is 0 Å². The predicted octanol–water partition coefficient (Wildman–Crippen LogP) is 2.97. The lowest BCUT2D eigenvalue weighted by Gasteiger charge is -2.56. The molecule has 0 aromatic heterocycles. The zero-order valence-corrected chi connectivity index (χ0v) is 15.2. The highest BCUT2D eigenvalue weighted by atomic mass is 16.2. The number of rotatable bonds is 4. The van der Waals surface area contributed by atoms with Gasteiger partial charge in [-0.15, -0.1) is 0 Å². The van der Waals surface area contributed by atoms with Gasteiger partial charge in [0, 0.05) is 13.1 Å². The fourth-order valence-corrected chi connectivity index (χ4v) is 6.38. The van der Waals surface area contributed by atoms with Crippen LogP contribution in [0.15, 0.2) is 0 Å². The van der Waals surface area contributed by atoms with Gasteiger partial charge < -0.3 is 10.2 Å². The van der Waals surface area contributed by atoms with Crippen molar-refractivity contribution in [3.05, 3.63) is 0 Å². The van der Waals surface area contributed by atoms with E-state index in [0.717, 1.165) is 56.4 Å². The number of amides is 2. The lowest BCUT2D eigenvalue weighted by molar-refractivity contribution is -0.160. The van der Waals surface area contributed by atoms with Crippen molar-refractivity contribution >= 4 is 11.8 Å². The molecule has 1 N–H and O–H groups in total. The van der Waals surface area contributed by atoms with Crippen LogP contribution in [0.25, 0.3) is 0 Å². The van der Waals surface area contributed by atoms with E-state index in [4.69, 9.17) is 0 Å². The number of hydrogen-bond donors (Lipinski definition) is 1. The average molecular weight is 332 g/mol. The van der Waals surface area contributed by atoms with E-state index in [-0.39, 0.29) is 17.4 Å². The first kappa shape index (κ1) is 16.4. The normalized spacial score (nSPS) is 40.4. The van der Waals surface area contributed by atoms with Crippen LogP contribution in [0.4, 0.5) is 0 Å². The van der Waals surface area contributed by atoms with Gasteiger partial charge in [-0.3, -0.25) is 9.59 Å². The highest BCUT2D eigenvalue weighted by molar-refractivity contribution is 5.91. The van der Waals surface area contributed by atoms with Crippen LogP contribution < -0.4 is 5.32 Å². The summed E-state index contributed by atoms with van der Waals surface area (Å²) in [5, 5.41) is 3.05. The van der Waals surface area contributed by atoms with Gasteiger partial charge in [-0.2, -0.15) is 0 Å². The minimum atomic E-state index is -0.218. The van der Waals surface area contributed by atoms with E-state index >= 15 is 0 Å². The van der Waals surface area contributed by atoms with Crippen molar-refractivity contribution in [1.82, 2.24) is 10.2 Å². The Morgan fingerprint density at radius 1 is 1.08 bits per heavy atom. The summed E-state index contributed by atoms with van der Waals surface area (Å²) < 4.78 is 0. The van der Waals surface area contributed by atoms with Gasteiger partial charge in [-0.25, -0.2) is 0 Å². The number of nitrogens with zero attached hydrogens (tertiary/aromatic N) is 1. The van der Waals surface area contributed by atoms with Crippen LogP contribution in [0, 0.1) is 29.1 Å². The van der Waals surface area contributed by atoms with Crippen molar-refractivity contribution in [3.63, 3.8) is 0 Å². The SMILES string of the molecule is CC(C)CNC(=O)C1CCCN1C(=O)C12CC3CC(CC(C3)C1)C2. The van der Waals surface area contributed by atoms with Crippen LogP contribution in [0.1, 0.15) is 65.2 Å². The Morgan fingerprint density at radius 3 is 2.21 bits per heavy atom. The van der Waals surface area contributed by atoms with Gasteiger partial charge in [0.2, 0.25) is 11.8 Å². The van der Waals surface area contributed by atoms with Gasteiger partial charge in [-0.1, -0.05) is 13.8 Å². The molecule has 1 unspecified atom stereocenters. The molecule has 0 radical (unpaired) electrons. The molecular weight excluding hydrogens is 300 g/mol. The summed E-state index contributed by atoms with van der Waals surface area (Å²) in [5.41, 5.74) is -0.115. The second-order valence-electron chi connectivity index (χ2n) is 9.49. The average Bonchev–Trinajstić information content (AvgIpc) is 3.00. The topological polar surface area (TPSA) is 49.4 Å². The maximum atomic E-state index is 13.5. The van der Waals surface area contributed by atoms with Crippen molar-refractivity contribution in [1.29, 1.82) is 0 Å². The Kier molecular flexibility index (Phi) is 4.12. The first-order chi connectivity index (χ1) is 11.5. The van der Waals surface area contributed by atoms with Crippen LogP contribution in [-0.2, 0) is 9.59 Å². The van der Waals surface area contributed by atoms with Gasteiger partial charge in [0.25, 0.3) is 0 Å². The summed E-state index contributed by atoms with van der Waals surface area (Å²) in [6, 6.07) is -0.218. The molecule has 1 aliphatic heterocycles. The van der Waals surface area contributed by atoms with Gasteiger partial charge in [0.05, 0.1) is 5.41 Å². The van der Waals surface area contributed by atoms with Crippen molar-refractivity contribution < 1.29 is 9.59 Å². The Hall–Kier alpha value is -1.06. The van der Waals surface area contributed by atoms with Gasteiger partial charge in [0.1, 0.15) is 6.04 Å². The Balaban J connectivity index is 1.48. The number of carbonyl (C=O) groups is 2. The molecule has 4 saturated carbocycles. The minimum Gasteiger partial charge on any atom is -0.354 e. The third kappa shape index (κ3) is 2.76. The molecule has 1 saturated heterocycles. The first-order valence-corrected chi connectivity index (χ1v) is 10.1. The Labute approximate surface area is 145 Å². The Morgan fingerprint density at radius 2 is 1.67 bits per heavy atom. The fourth-order valence-electron chi connectivity index (χ4n) is 6.38. The monoisotopic (exact) mass is 332 g/mol. The molecule has 134 valence electrons. The molecule has 5 fully saturated rings. The molecule has 0 aromatic rings. The zero-order valence-electron chi connectivity index (χ0n) is 15.2. The van der Waals surface area contributed by atoms with E-state index in [0.29, 0.717) is 18.4 Å². The lowest BCUT2D eigenvalue weighted by Crippen LogP contribution is -2.57. The predicted molar refractivity (Wildman–Crippen MR) is 93.2 cm³/mol. The maximum Gasteiger partial charge on any atom is 0.242 e. The summed E-state index contributed by atoms with van der Waals surface area (Å²) in [7, 11) is 0. The van der Waals surface area contributed by atoms with E-state index in [1.165, 1.54) is 19.3 Å². The zero-order chi connectivity index (χ0) is 16.9.